The molecule has 0 aliphatic heterocycles. The number of hydrogen-bond acceptors (Lipinski definition) is 4. The number of nitrogens with zero attached hydrogens (tertiary/aromatic N) is 3. The van der Waals surface area contributed by atoms with Crippen molar-refractivity contribution in [2.45, 2.75) is 44.3 Å². The van der Waals surface area contributed by atoms with Gasteiger partial charge in [0.2, 0.25) is 0 Å². The normalized spacial score (nSPS) is 12.1. The van der Waals surface area contributed by atoms with Crippen LogP contribution in [0.15, 0.2) is 48.1 Å². The van der Waals surface area contributed by atoms with Crippen molar-refractivity contribution in [2.75, 3.05) is 0 Å². The van der Waals surface area contributed by atoms with Gasteiger partial charge in [0.25, 0.3) is 0 Å². The van der Waals surface area contributed by atoms with Crippen molar-refractivity contribution < 1.29 is 4.74 Å². The van der Waals surface area contributed by atoms with E-state index in [0.29, 0.717) is 28.2 Å². The molecule has 0 spiro atoms. The van der Waals surface area contributed by atoms with Gasteiger partial charge in [-0.1, -0.05) is 58.7 Å². The van der Waals surface area contributed by atoms with Crippen LogP contribution in [0.25, 0.3) is 0 Å². The van der Waals surface area contributed by atoms with E-state index in [9.17, 15) is 0 Å². The van der Waals surface area contributed by atoms with Gasteiger partial charge in [0.15, 0.2) is 17.1 Å². The van der Waals surface area contributed by atoms with Crippen molar-refractivity contribution in [3.63, 3.8) is 0 Å². The highest BCUT2D eigenvalue weighted by atomic mass is 35.5. The van der Waals surface area contributed by atoms with Gasteiger partial charge in [-0.15, -0.1) is 16.8 Å². The molecule has 3 aromatic rings. The summed E-state index contributed by atoms with van der Waals surface area (Å²) in [6, 6.07) is 9.34. The Morgan fingerprint density at radius 1 is 1.13 bits per heavy atom. The first kappa shape index (κ1) is 23.0. The molecule has 1 atom stereocenters. The molecule has 0 aliphatic carbocycles. The lowest BCUT2D eigenvalue weighted by Crippen LogP contribution is -2.12. The molecule has 0 aliphatic rings. The van der Waals surface area contributed by atoms with E-state index in [-0.39, 0.29) is 6.10 Å². The smallest absolute Gasteiger partial charge is 0.191 e. The lowest BCUT2D eigenvalue weighted by atomic mass is 10.1. The van der Waals surface area contributed by atoms with Crippen LogP contribution < -0.4 is 4.74 Å². The average molecular weight is 483 g/mol. The molecule has 1 heterocycles. The summed E-state index contributed by atoms with van der Waals surface area (Å²) in [4.78, 5) is 0. The fourth-order valence-corrected chi connectivity index (χ4v) is 4.85. The second-order valence-corrected chi connectivity index (χ2v) is 8.99. The van der Waals surface area contributed by atoms with E-state index in [1.54, 1.807) is 0 Å². The SMILES string of the molecule is C=CCn1c(SCc2c(Cl)cccc2Cl)nnc1C(C)Oc1cc(C)c(Cl)c(C)c1. The Morgan fingerprint density at radius 2 is 1.77 bits per heavy atom. The third-order valence-corrected chi connectivity index (χ3v) is 6.85. The summed E-state index contributed by atoms with van der Waals surface area (Å²) in [7, 11) is 0. The largest absolute Gasteiger partial charge is 0.483 e. The van der Waals surface area contributed by atoms with Crippen molar-refractivity contribution in [2.24, 2.45) is 0 Å². The first-order valence-electron chi connectivity index (χ1n) is 9.35. The Bertz CT molecular complexity index is 1020. The summed E-state index contributed by atoms with van der Waals surface area (Å²) < 4.78 is 8.14. The Morgan fingerprint density at radius 3 is 2.37 bits per heavy atom. The van der Waals surface area contributed by atoms with E-state index >= 15 is 0 Å². The number of halogens is 3. The van der Waals surface area contributed by atoms with Gasteiger partial charge in [0.05, 0.1) is 0 Å². The zero-order chi connectivity index (χ0) is 21.8. The van der Waals surface area contributed by atoms with E-state index in [2.05, 4.69) is 16.8 Å². The number of aryl methyl sites for hydroxylation is 2. The minimum absolute atomic E-state index is 0.310. The van der Waals surface area contributed by atoms with Gasteiger partial charge >= 0.3 is 0 Å². The first-order chi connectivity index (χ1) is 14.3. The summed E-state index contributed by atoms with van der Waals surface area (Å²) in [6.07, 6.45) is 1.50. The molecule has 30 heavy (non-hydrogen) atoms. The molecule has 8 heteroatoms. The molecule has 1 aromatic heterocycles. The van der Waals surface area contributed by atoms with Crippen molar-refractivity contribution in [1.82, 2.24) is 14.8 Å². The molecule has 0 saturated heterocycles. The van der Waals surface area contributed by atoms with Crippen LogP contribution in [0.1, 0.15) is 35.5 Å². The first-order valence-corrected chi connectivity index (χ1v) is 11.5. The summed E-state index contributed by atoms with van der Waals surface area (Å²) >= 11 is 20.4. The molecule has 0 amide bonds. The van der Waals surface area contributed by atoms with E-state index in [1.807, 2.05) is 61.7 Å². The lowest BCUT2D eigenvalue weighted by Gasteiger charge is -2.17. The predicted molar refractivity (Wildman–Crippen MR) is 126 cm³/mol. The molecule has 0 bridgehead atoms. The maximum atomic E-state index is 6.29. The van der Waals surface area contributed by atoms with Gasteiger partial charge < -0.3 is 4.74 Å². The van der Waals surface area contributed by atoms with Crippen molar-refractivity contribution in [3.05, 3.63) is 80.6 Å². The topological polar surface area (TPSA) is 39.9 Å². The fraction of sp³-hybridized carbons (Fsp3) is 0.273. The summed E-state index contributed by atoms with van der Waals surface area (Å²) in [5, 5.41) is 11.5. The summed E-state index contributed by atoms with van der Waals surface area (Å²) in [6.45, 7) is 10.3. The maximum Gasteiger partial charge on any atom is 0.191 e. The highest BCUT2D eigenvalue weighted by molar-refractivity contribution is 7.98. The molecule has 0 saturated carbocycles. The van der Waals surface area contributed by atoms with Crippen LogP contribution >= 0.6 is 46.6 Å². The molecule has 2 aromatic carbocycles. The zero-order valence-corrected chi connectivity index (χ0v) is 20.0. The highest BCUT2D eigenvalue weighted by Gasteiger charge is 2.20. The number of hydrogen-bond donors (Lipinski definition) is 0. The molecular formula is C22H22Cl3N3OS. The molecule has 158 valence electrons. The van der Waals surface area contributed by atoms with Crippen LogP contribution in [-0.4, -0.2) is 14.8 Å². The van der Waals surface area contributed by atoms with Crippen LogP contribution in [0.2, 0.25) is 15.1 Å². The maximum absolute atomic E-state index is 6.29. The zero-order valence-electron chi connectivity index (χ0n) is 17.0. The Balaban J connectivity index is 1.82. The average Bonchev–Trinajstić information content (AvgIpc) is 3.09. The van der Waals surface area contributed by atoms with Gasteiger partial charge in [0, 0.05) is 27.4 Å². The van der Waals surface area contributed by atoms with Crippen LogP contribution in [0.4, 0.5) is 0 Å². The second kappa shape index (κ2) is 10.1. The Hall–Kier alpha value is -1.66. The standard InChI is InChI=1S/C22H22Cl3N3OS/c1-5-9-28-21(15(4)29-16-10-13(2)20(25)14(3)11-16)26-27-22(28)30-12-17-18(23)7-6-8-19(17)24/h5-8,10-11,15H,1,9,12H2,2-4H3. The molecule has 1 unspecified atom stereocenters. The number of rotatable bonds is 8. The highest BCUT2D eigenvalue weighted by Crippen LogP contribution is 2.33. The molecule has 4 nitrogen and oxygen atoms in total. The third kappa shape index (κ3) is 5.14. The van der Waals surface area contributed by atoms with Crippen molar-refractivity contribution in [3.8, 4) is 5.75 Å². The molecule has 0 N–H and O–H groups in total. The number of benzene rings is 2. The van der Waals surface area contributed by atoms with Gasteiger partial charge in [-0.2, -0.15) is 0 Å². The Labute approximate surface area is 196 Å². The Kier molecular flexibility index (Phi) is 7.75. The van der Waals surface area contributed by atoms with Gasteiger partial charge in [-0.05, 0) is 61.7 Å². The third-order valence-electron chi connectivity index (χ3n) is 4.55. The number of allylic oxidation sites excluding steroid dienone is 1. The lowest BCUT2D eigenvalue weighted by molar-refractivity contribution is 0.210. The summed E-state index contributed by atoms with van der Waals surface area (Å²) in [5.74, 6) is 2.04. The fourth-order valence-electron chi connectivity index (χ4n) is 3.05. The van der Waals surface area contributed by atoms with Gasteiger partial charge in [-0.3, -0.25) is 4.57 Å². The quantitative estimate of drug-likeness (QED) is 0.246. The van der Waals surface area contributed by atoms with Gasteiger partial charge in [-0.25, -0.2) is 0 Å². The van der Waals surface area contributed by atoms with Crippen molar-refractivity contribution in [1.29, 1.82) is 0 Å². The number of aromatic nitrogens is 3. The van der Waals surface area contributed by atoms with Crippen LogP contribution in [-0.2, 0) is 12.3 Å². The van der Waals surface area contributed by atoms with Crippen LogP contribution in [0.5, 0.6) is 5.75 Å². The minimum atomic E-state index is -0.310. The predicted octanol–water partition coefficient (Wildman–Crippen LogP) is 7.47. The van der Waals surface area contributed by atoms with E-state index < -0.39 is 0 Å². The van der Waals surface area contributed by atoms with Gasteiger partial charge in [0.1, 0.15) is 5.75 Å². The van der Waals surface area contributed by atoms with E-state index in [4.69, 9.17) is 39.5 Å². The molecule has 0 fully saturated rings. The monoisotopic (exact) mass is 481 g/mol. The van der Waals surface area contributed by atoms with E-state index in [1.165, 1.54) is 11.8 Å². The minimum Gasteiger partial charge on any atom is -0.483 e. The summed E-state index contributed by atoms with van der Waals surface area (Å²) in [5.41, 5.74) is 2.82. The second-order valence-electron chi connectivity index (χ2n) is 6.86. The van der Waals surface area contributed by atoms with Crippen LogP contribution in [0, 0.1) is 13.8 Å². The van der Waals surface area contributed by atoms with Crippen molar-refractivity contribution >= 4 is 46.6 Å². The number of thioether (sulfide) groups is 1. The van der Waals surface area contributed by atoms with Crippen LogP contribution in [0.3, 0.4) is 0 Å². The molecule has 0 radical (unpaired) electrons. The molecule has 3 rings (SSSR count). The van der Waals surface area contributed by atoms with E-state index in [0.717, 1.165) is 32.6 Å². The number of ether oxygens (including phenoxy) is 1. The molecular weight excluding hydrogens is 461 g/mol.